The molecule has 0 radical (unpaired) electrons. The Balaban J connectivity index is 1.48. The molecule has 0 unspecified atom stereocenters. The number of esters is 1. The molecule has 3 heterocycles. The molecular weight excluding hydrogens is 360 g/mol. The van der Waals surface area contributed by atoms with Crippen LogP contribution in [0.2, 0.25) is 0 Å². The first-order valence-corrected chi connectivity index (χ1v) is 8.79. The lowest BCUT2D eigenvalue weighted by Crippen LogP contribution is -2.31. The van der Waals surface area contributed by atoms with E-state index in [9.17, 15) is 14.4 Å². The molecule has 0 aliphatic carbocycles. The van der Waals surface area contributed by atoms with Crippen LogP contribution >= 0.6 is 0 Å². The van der Waals surface area contributed by atoms with Gasteiger partial charge in [0.15, 0.2) is 0 Å². The average Bonchev–Trinajstić information content (AvgIpc) is 3.23. The summed E-state index contributed by atoms with van der Waals surface area (Å²) in [5.41, 5.74) is 3.36. The van der Waals surface area contributed by atoms with E-state index in [-0.39, 0.29) is 25.6 Å². The van der Waals surface area contributed by atoms with Crippen molar-refractivity contribution in [2.45, 2.75) is 20.1 Å². The van der Waals surface area contributed by atoms with Crippen LogP contribution in [0.4, 0.5) is 4.79 Å². The molecule has 2 aromatic heterocycles. The van der Waals surface area contributed by atoms with Crippen LogP contribution in [-0.2, 0) is 22.7 Å². The molecule has 8 nitrogen and oxygen atoms in total. The summed E-state index contributed by atoms with van der Waals surface area (Å²) in [6.07, 6.45) is 3.76. The Morgan fingerprint density at radius 1 is 1.18 bits per heavy atom. The summed E-state index contributed by atoms with van der Waals surface area (Å²) in [6, 6.07) is 10.2. The van der Waals surface area contributed by atoms with E-state index < -0.39 is 12.0 Å². The number of carbonyl (C=O) groups is 3. The van der Waals surface area contributed by atoms with Crippen LogP contribution in [0.25, 0.3) is 5.65 Å². The summed E-state index contributed by atoms with van der Waals surface area (Å²) in [7, 11) is 0. The van der Waals surface area contributed by atoms with Gasteiger partial charge in [-0.3, -0.25) is 9.69 Å². The van der Waals surface area contributed by atoms with E-state index in [0.717, 1.165) is 16.1 Å². The van der Waals surface area contributed by atoms with Crippen LogP contribution in [0.3, 0.4) is 0 Å². The Morgan fingerprint density at radius 3 is 2.79 bits per heavy atom. The van der Waals surface area contributed by atoms with Crippen molar-refractivity contribution < 1.29 is 19.1 Å². The molecule has 0 spiro atoms. The lowest BCUT2D eigenvalue weighted by atomic mass is 10.1. The zero-order valence-electron chi connectivity index (χ0n) is 15.2. The zero-order chi connectivity index (χ0) is 19.7. The summed E-state index contributed by atoms with van der Waals surface area (Å²) in [4.78, 5) is 41.7. The number of amides is 3. The minimum atomic E-state index is -0.532. The van der Waals surface area contributed by atoms with Gasteiger partial charge in [0.25, 0.3) is 0 Å². The predicted octanol–water partition coefficient (Wildman–Crippen LogP) is 2.05. The first kappa shape index (κ1) is 17.7. The third kappa shape index (κ3) is 3.44. The molecule has 8 heteroatoms. The molecule has 1 fully saturated rings. The van der Waals surface area contributed by atoms with Gasteiger partial charge in [-0.1, -0.05) is 24.3 Å². The third-order valence-electron chi connectivity index (χ3n) is 4.50. The van der Waals surface area contributed by atoms with E-state index in [1.807, 2.05) is 35.9 Å². The highest BCUT2D eigenvalue weighted by Crippen LogP contribution is 2.16. The molecule has 0 saturated carbocycles. The van der Waals surface area contributed by atoms with E-state index in [2.05, 4.69) is 10.3 Å². The summed E-state index contributed by atoms with van der Waals surface area (Å²) in [5.74, 6) is -0.857. The lowest BCUT2D eigenvalue weighted by molar-refractivity contribution is -0.125. The van der Waals surface area contributed by atoms with Gasteiger partial charge in [0.05, 0.1) is 24.3 Å². The summed E-state index contributed by atoms with van der Waals surface area (Å²) in [5, 5.41) is 2.46. The monoisotopic (exact) mass is 378 g/mol. The zero-order valence-corrected chi connectivity index (χ0v) is 15.2. The fourth-order valence-electron chi connectivity index (χ4n) is 3.09. The van der Waals surface area contributed by atoms with Gasteiger partial charge in [0, 0.05) is 12.4 Å². The van der Waals surface area contributed by atoms with E-state index >= 15 is 0 Å². The number of nitrogens with zero attached hydrogens (tertiary/aromatic N) is 3. The van der Waals surface area contributed by atoms with Crippen molar-refractivity contribution in [2.75, 3.05) is 6.54 Å². The van der Waals surface area contributed by atoms with Gasteiger partial charge in [-0.2, -0.15) is 0 Å². The van der Waals surface area contributed by atoms with Gasteiger partial charge in [-0.15, -0.1) is 0 Å². The number of fused-ring (bicyclic) bond motifs is 1. The van der Waals surface area contributed by atoms with Crippen molar-refractivity contribution in [3.63, 3.8) is 0 Å². The van der Waals surface area contributed by atoms with Crippen LogP contribution in [0.15, 0.2) is 48.8 Å². The smallest absolute Gasteiger partial charge is 0.338 e. The summed E-state index contributed by atoms with van der Waals surface area (Å²) < 4.78 is 7.29. The highest BCUT2D eigenvalue weighted by molar-refractivity contribution is 6.02. The largest absolute Gasteiger partial charge is 0.456 e. The third-order valence-corrected chi connectivity index (χ3v) is 4.50. The number of pyridine rings is 1. The predicted molar refractivity (Wildman–Crippen MR) is 99.4 cm³/mol. The maximum absolute atomic E-state index is 12.6. The van der Waals surface area contributed by atoms with Crippen molar-refractivity contribution in [3.05, 3.63) is 71.2 Å². The number of aromatic nitrogens is 2. The maximum atomic E-state index is 12.6. The summed E-state index contributed by atoms with van der Waals surface area (Å²) in [6.45, 7) is 2.00. The Bertz CT molecular complexity index is 1070. The standard InChI is InChI=1S/C20H18N4O4/c1-13-6-7-17-22-15(11-23(17)9-13)12-28-19(26)16-5-3-2-4-14(16)10-24-18(25)8-21-20(24)27/h2-7,9,11H,8,10,12H2,1H3,(H,21,27). The van der Waals surface area contributed by atoms with Crippen molar-refractivity contribution >= 4 is 23.6 Å². The Kier molecular flexibility index (Phi) is 4.52. The second kappa shape index (κ2) is 7.15. The van der Waals surface area contributed by atoms with E-state index in [4.69, 9.17) is 4.74 Å². The molecule has 0 atom stereocenters. The molecular formula is C20H18N4O4. The van der Waals surface area contributed by atoms with Gasteiger partial charge >= 0.3 is 12.0 Å². The second-order valence-corrected chi connectivity index (χ2v) is 6.58. The number of hydrogen-bond donors (Lipinski definition) is 1. The lowest BCUT2D eigenvalue weighted by Gasteiger charge is -2.15. The van der Waals surface area contributed by atoms with Crippen molar-refractivity contribution in [2.24, 2.45) is 0 Å². The van der Waals surface area contributed by atoms with Gasteiger partial charge in [0.1, 0.15) is 12.3 Å². The number of ether oxygens (including phenoxy) is 1. The Labute approximate surface area is 160 Å². The number of imidazole rings is 1. The number of nitrogens with one attached hydrogen (secondary N) is 1. The van der Waals surface area contributed by atoms with Crippen LogP contribution in [0.5, 0.6) is 0 Å². The minimum Gasteiger partial charge on any atom is -0.456 e. The van der Waals surface area contributed by atoms with E-state index in [1.54, 1.807) is 24.3 Å². The highest BCUT2D eigenvalue weighted by Gasteiger charge is 2.29. The summed E-state index contributed by atoms with van der Waals surface area (Å²) >= 11 is 0. The molecule has 1 aliphatic rings. The molecule has 4 rings (SSSR count). The van der Waals surface area contributed by atoms with Crippen LogP contribution in [0, 0.1) is 6.92 Å². The number of benzene rings is 1. The van der Waals surface area contributed by atoms with E-state index in [1.165, 1.54) is 0 Å². The molecule has 3 aromatic rings. The maximum Gasteiger partial charge on any atom is 0.338 e. The van der Waals surface area contributed by atoms with Crippen LogP contribution in [0.1, 0.15) is 27.2 Å². The van der Waals surface area contributed by atoms with Gasteiger partial charge in [0.2, 0.25) is 5.91 Å². The van der Waals surface area contributed by atoms with E-state index in [0.29, 0.717) is 16.8 Å². The number of aryl methyl sites for hydroxylation is 1. The van der Waals surface area contributed by atoms with Gasteiger partial charge in [-0.25, -0.2) is 14.6 Å². The first-order chi connectivity index (χ1) is 13.5. The topological polar surface area (TPSA) is 93.0 Å². The first-order valence-electron chi connectivity index (χ1n) is 8.79. The average molecular weight is 378 g/mol. The Morgan fingerprint density at radius 2 is 2.00 bits per heavy atom. The Hall–Kier alpha value is -3.68. The number of urea groups is 1. The second-order valence-electron chi connectivity index (χ2n) is 6.58. The number of hydrogen-bond acceptors (Lipinski definition) is 5. The van der Waals surface area contributed by atoms with Crippen LogP contribution < -0.4 is 5.32 Å². The quantitative estimate of drug-likeness (QED) is 0.542. The van der Waals surface area contributed by atoms with Crippen molar-refractivity contribution in [1.82, 2.24) is 19.6 Å². The molecule has 0 bridgehead atoms. The number of imide groups is 1. The minimum absolute atomic E-state index is 0.0174. The highest BCUT2D eigenvalue weighted by atomic mass is 16.5. The molecule has 28 heavy (non-hydrogen) atoms. The normalized spacial score (nSPS) is 13.8. The molecule has 1 N–H and O–H groups in total. The fraction of sp³-hybridized carbons (Fsp3) is 0.200. The van der Waals surface area contributed by atoms with Gasteiger partial charge in [-0.05, 0) is 30.2 Å². The SMILES string of the molecule is Cc1ccc2nc(COC(=O)c3ccccc3CN3C(=O)CNC3=O)cn2c1. The molecule has 3 amide bonds. The molecule has 1 saturated heterocycles. The van der Waals surface area contributed by atoms with Crippen molar-refractivity contribution in [1.29, 1.82) is 0 Å². The van der Waals surface area contributed by atoms with Gasteiger partial charge < -0.3 is 14.5 Å². The van der Waals surface area contributed by atoms with Crippen LogP contribution in [-0.4, -0.2) is 38.7 Å². The van der Waals surface area contributed by atoms with Crippen molar-refractivity contribution in [3.8, 4) is 0 Å². The number of carbonyl (C=O) groups excluding carboxylic acids is 3. The fourth-order valence-corrected chi connectivity index (χ4v) is 3.09. The number of rotatable bonds is 5. The molecule has 142 valence electrons. The molecule has 1 aliphatic heterocycles. The molecule has 1 aromatic carbocycles.